The number of hydrogen-bond acceptors (Lipinski definition) is 3. The lowest BCUT2D eigenvalue weighted by Crippen LogP contribution is -2.52. The van der Waals surface area contributed by atoms with Crippen molar-refractivity contribution in [3.8, 4) is 0 Å². The average Bonchev–Trinajstić information content (AvgIpc) is 2.79. The zero-order valence-electron chi connectivity index (χ0n) is 25.1. The van der Waals surface area contributed by atoms with E-state index in [1.54, 1.807) is 5.57 Å². The lowest BCUT2D eigenvalue weighted by molar-refractivity contribution is -0.171. The molecule has 36 heavy (non-hydrogen) atoms. The third kappa shape index (κ3) is 6.96. The van der Waals surface area contributed by atoms with Gasteiger partial charge in [0, 0.05) is 18.6 Å². The Balaban J connectivity index is 1.85. The largest absolute Gasteiger partial charge is 0.416 e. The zero-order valence-corrected chi connectivity index (χ0v) is 26.1. The number of allylic oxidation sites excluding steroid dienone is 3. The molecular formula is C32H58O3Si. The molecule has 1 saturated carbocycles. The van der Waals surface area contributed by atoms with Crippen LogP contribution in [0.15, 0.2) is 23.8 Å². The molecule has 208 valence electrons. The summed E-state index contributed by atoms with van der Waals surface area (Å²) in [6.45, 7) is 25.8. The van der Waals surface area contributed by atoms with Crippen LogP contribution >= 0.6 is 0 Å². The highest BCUT2D eigenvalue weighted by Gasteiger charge is 2.53. The SMILES string of the molecule is C=C(C)CCC[C@]1(C)CCC[C@@H]2C1=CC[C@@H](C)[C@]2(CCOC1CCCCO1)CO[Si](C)(C)C(C)(C)C. The fourth-order valence-corrected chi connectivity index (χ4v) is 7.89. The van der Waals surface area contributed by atoms with Gasteiger partial charge in [-0.3, -0.25) is 0 Å². The monoisotopic (exact) mass is 518 g/mol. The molecule has 0 radical (unpaired) electrons. The number of fused-ring (bicyclic) bond motifs is 1. The van der Waals surface area contributed by atoms with Crippen LogP contribution in [0.2, 0.25) is 18.1 Å². The molecule has 0 aromatic carbocycles. The average molecular weight is 519 g/mol. The molecule has 0 aromatic rings. The van der Waals surface area contributed by atoms with E-state index in [4.69, 9.17) is 13.9 Å². The van der Waals surface area contributed by atoms with Crippen molar-refractivity contribution in [2.45, 2.75) is 137 Å². The van der Waals surface area contributed by atoms with E-state index in [9.17, 15) is 0 Å². The van der Waals surface area contributed by atoms with Gasteiger partial charge in [0.2, 0.25) is 0 Å². The van der Waals surface area contributed by atoms with Gasteiger partial charge in [-0.15, -0.1) is 6.58 Å². The molecule has 1 aliphatic heterocycles. The molecule has 2 aliphatic carbocycles. The van der Waals surface area contributed by atoms with E-state index in [-0.39, 0.29) is 16.7 Å². The van der Waals surface area contributed by atoms with Crippen molar-refractivity contribution in [1.82, 2.24) is 0 Å². The van der Waals surface area contributed by atoms with Crippen LogP contribution in [0.1, 0.15) is 112 Å². The second kappa shape index (κ2) is 12.2. The maximum atomic E-state index is 7.09. The van der Waals surface area contributed by atoms with Crippen LogP contribution in [-0.4, -0.2) is 34.4 Å². The van der Waals surface area contributed by atoms with Gasteiger partial charge in [0.1, 0.15) is 0 Å². The summed E-state index contributed by atoms with van der Waals surface area (Å²) in [5.41, 5.74) is 3.52. The summed E-state index contributed by atoms with van der Waals surface area (Å²) in [6, 6.07) is 0. The molecule has 5 atom stereocenters. The molecule has 0 N–H and O–H groups in total. The van der Waals surface area contributed by atoms with Gasteiger partial charge >= 0.3 is 0 Å². The van der Waals surface area contributed by atoms with Gasteiger partial charge in [-0.2, -0.15) is 0 Å². The second-order valence-electron chi connectivity index (χ2n) is 14.3. The van der Waals surface area contributed by atoms with Crippen molar-refractivity contribution in [3.05, 3.63) is 23.8 Å². The Bertz CT molecular complexity index is 760. The molecule has 2 fully saturated rings. The van der Waals surface area contributed by atoms with E-state index in [1.807, 2.05) is 0 Å². The topological polar surface area (TPSA) is 27.7 Å². The molecule has 3 aliphatic rings. The van der Waals surface area contributed by atoms with E-state index >= 15 is 0 Å². The van der Waals surface area contributed by atoms with Crippen molar-refractivity contribution in [2.24, 2.45) is 22.7 Å². The molecule has 0 aromatic heterocycles. The minimum Gasteiger partial charge on any atom is -0.416 e. The number of hydrogen-bond donors (Lipinski definition) is 0. The van der Waals surface area contributed by atoms with Gasteiger partial charge in [-0.05, 0) is 107 Å². The Morgan fingerprint density at radius 2 is 1.92 bits per heavy atom. The lowest BCUT2D eigenvalue weighted by atomic mass is 9.50. The van der Waals surface area contributed by atoms with Gasteiger partial charge in [-0.1, -0.05) is 58.3 Å². The van der Waals surface area contributed by atoms with Crippen LogP contribution in [0.25, 0.3) is 0 Å². The van der Waals surface area contributed by atoms with Crippen LogP contribution in [0.4, 0.5) is 0 Å². The van der Waals surface area contributed by atoms with E-state index in [0.29, 0.717) is 17.3 Å². The molecule has 1 saturated heterocycles. The van der Waals surface area contributed by atoms with Gasteiger partial charge < -0.3 is 13.9 Å². The van der Waals surface area contributed by atoms with Crippen molar-refractivity contribution < 1.29 is 13.9 Å². The molecule has 3 nitrogen and oxygen atoms in total. The minimum atomic E-state index is -1.86. The van der Waals surface area contributed by atoms with E-state index < -0.39 is 8.32 Å². The summed E-state index contributed by atoms with van der Waals surface area (Å²) < 4.78 is 19.4. The first-order chi connectivity index (χ1) is 16.8. The number of rotatable bonds is 11. The molecule has 0 bridgehead atoms. The Morgan fingerprint density at radius 1 is 1.17 bits per heavy atom. The highest BCUT2D eigenvalue weighted by atomic mass is 28.4. The van der Waals surface area contributed by atoms with Gasteiger partial charge in [0.25, 0.3) is 0 Å². The summed E-state index contributed by atoms with van der Waals surface area (Å²) in [5, 5.41) is 0.223. The van der Waals surface area contributed by atoms with Crippen molar-refractivity contribution in [3.63, 3.8) is 0 Å². The van der Waals surface area contributed by atoms with Crippen molar-refractivity contribution in [1.29, 1.82) is 0 Å². The summed E-state index contributed by atoms with van der Waals surface area (Å²) in [4.78, 5) is 0. The quantitative estimate of drug-likeness (QED) is 0.201. The maximum absolute atomic E-state index is 7.09. The first-order valence-electron chi connectivity index (χ1n) is 15.0. The van der Waals surface area contributed by atoms with E-state index in [2.05, 4.69) is 67.3 Å². The molecule has 1 unspecified atom stereocenters. The predicted octanol–water partition coefficient (Wildman–Crippen LogP) is 9.45. The van der Waals surface area contributed by atoms with Gasteiger partial charge in [0.15, 0.2) is 14.6 Å². The lowest BCUT2D eigenvalue weighted by Gasteiger charge is -2.56. The van der Waals surface area contributed by atoms with E-state index in [0.717, 1.165) is 39.1 Å². The molecule has 3 rings (SSSR count). The molecule has 1 heterocycles. The van der Waals surface area contributed by atoms with E-state index in [1.165, 1.54) is 56.9 Å². The molecule has 4 heteroatoms. The third-order valence-corrected chi connectivity index (χ3v) is 15.0. The Morgan fingerprint density at radius 3 is 2.56 bits per heavy atom. The molecule has 0 amide bonds. The maximum Gasteiger partial charge on any atom is 0.192 e. The summed E-state index contributed by atoms with van der Waals surface area (Å²) >= 11 is 0. The van der Waals surface area contributed by atoms with Crippen molar-refractivity contribution in [2.75, 3.05) is 19.8 Å². The second-order valence-corrected chi connectivity index (χ2v) is 19.1. The Hall–Kier alpha value is -0.423. The summed E-state index contributed by atoms with van der Waals surface area (Å²) in [5.74, 6) is 1.20. The van der Waals surface area contributed by atoms with Crippen LogP contribution < -0.4 is 0 Å². The van der Waals surface area contributed by atoms with Gasteiger partial charge in [-0.25, -0.2) is 0 Å². The highest BCUT2D eigenvalue weighted by Crippen LogP contribution is 2.59. The van der Waals surface area contributed by atoms with Crippen LogP contribution in [0, 0.1) is 22.7 Å². The summed E-state index contributed by atoms with van der Waals surface area (Å²) in [7, 11) is -1.86. The fourth-order valence-electron chi connectivity index (χ4n) is 6.82. The third-order valence-electron chi connectivity index (χ3n) is 10.5. The van der Waals surface area contributed by atoms with Crippen molar-refractivity contribution >= 4 is 8.32 Å². The summed E-state index contributed by atoms with van der Waals surface area (Å²) in [6.07, 6.45) is 16.0. The zero-order chi connectivity index (χ0) is 26.6. The standard InChI is InChI=1S/C32H58O3Si/c1-25(2)14-12-19-31(7)20-13-15-28-27(31)18-17-26(3)32(28,24-35-36(8,9)30(4,5)6)21-23-34-29-16-10-11-22-33-29/h18,26,28-29H,1,10-17,19-24H2,2-9H3/t26-,28-,29?,31-,32+/m1/s1. The predicted molar refractivity (Wildman–Crippen MR) is 156 cm³/mol. The number of ether oxygens (including phenoxy) is 2. The Labute approximate surface area is 225 Å². The smallest absolute Gasteiger partial charge is 0.192 e. The van der Waals surface area contributed by atoms with Gasteiger partial charge in [0.05, 0.1) is 6.61 Å². The fraction of sp³-hybridized carbons (Fsp3) is 0.875. The van der Waals surface area contributed by atoms with Crippen LogP contribution in [0.5, 0.6) is 0 Å². The van der Waals surface area contributed by atoms with Crippen LogP contribution in [-0.2, 0) is 13.9 Å². The minimum absolute atomic E-state index is 0.00946. The first-order valence-corrected chi connectivity index (χ1v) is 17.9. The first kappa shape index (κ1) is 30.1. The Kier molecular flexibility index (Phi) is 10.2. The van der Waals surface area contributed by atoms with Crippen LogP contribution in [0.3, 0.4) is 0 Å². The highest BCUT2D eigenvalue weighted by molar-refractivity contribution is 6.74. The normalized spacial score (nSPS) is 33.7. The molecular weight excluding hydrogens is 460 g/mol. The molecule has 0 spiro atoms.